The Hall–Kier alpha value is -4.62. The monoisotopic (exact) mass is 692 g/mol. The zero-order valence-electron chi connectivity index (χ0n) is 26.1. The first-order valence-electron chi connectivity index (χ1n) is 15.7. The third-order valence-corrected chi connectivity index (χ3v) is 10.7. The molecule has 14 heteroatoms. The average molecular weight is 693 g/mol. The Morgan fingerprint density at radius 1 is 0.958 bits per heavy atom. The minimum atomic E-state index is -4.17. The fourth-order valence-corrected chi connectivity index (χ4v) is 7.86. The molecule has 0 spiro atoms. The van der Waals surface area contributed by atoms with Gasteiger partial charge in [0.25, 0.3) is 21.8 Å². The second-order valence-electron chi connectivity index (χ2n) is 12.1. The van der Waals surface area contributed by atoms with Crippen molar-refractivity contribution in [1.82, 2.24) is 24.4 Å². The molecule has 1 saturated carbocycles. The van der Waals surface area contributed by atoms with Crippen LogP contribution in [-0.4, -0.2) is 58.4 Å². The minimum absolute atomic E-state index is 0.0585. The number of amides is 3. The summed E-state index contributed by atoms with van der Waals surface area (Å²) in [5.74, 6) is -2.02. The summed E-state index contributed by atoms with van der Waals surface area (Å²) in [6.07, 6.45) is 8.60. The molecule has 2 aromatic carbocycles. The van der Waals surface area contributed by atoms with Crippen molar-refractivity contribution in [2.45, 2.75) is 56.5 Å². The Balaban J connectivity index is 1.22. The molecule has 250 valence electrons. The molecule has 2 atom stereocenters. The summed E-state index contributed by atoms with van der Waals surface area (Å²) in [6.45, 7) is 2.04. The highest BCUT2D eigenvalue weighted by Gasteiger charge is 2.46. The van der Waals surface area contributed by atoms with Crippen LogP contribution in [0.1, 0.15) is 64.9 Å². The zero-order valence-corrected chi connectivity index (χ0v) is 27.7. The van der Waals surface area contributed by atoms with E-state index < -0.39 is 27.8 Å². The van der Waals surface area contributed by atoms with Crippen molar-refractivity contribution in [1.29, 1.82) is 0 Å². The molecule has 11 nitrogen and oxygen atoms in total. The fourth-order valence-electron chi connectivity index (χ4n) is 6.77. The molecule has 2 N–H and O–H groups in total. The van der Waals surface area contributed by atoms with Crippen LogP contribution in [0.4, 0.5) is 10.1 Å². The third-order valence-electron chi connectivity index (χ3n) is 9.18. The Morgan fingerprint density at radius 3 is 2.42 bits per heavy atom. The quantitative estimate of drug-likeness (QED) is 0.247. The lowest BCUT2D eigenvalue weighted by molar-refractivity contribution is -0.121. The number of sulfonamides is 1. The molecule has 6 rings (SSSR count). The van der Waals surface area contributed by atoms with Crippen molar-refractivity contribution in [3.63, 3.8) is 0 Å². The summed E-state index contributed by atoms with van der Waals surface area (Å²) in [5.41, 5.74) is 1.23. The molecule has 1 aliphatic heterocycles. The van der Waals surface area contributed by atoms with Crippen molar-refractivity contribution in [3.8, 4) is 5.69 Å². The van der Waals surface area contributed by atoms with Gasteiger partial charge in [-0.2, -0.15) is 13.5 Å². The van der Waals surface area contributed by atoms with Crippen LogP contribution in [0.2, 0.25) is 5.02 Å². The zero-order chi connectivity index (χ0) is 34.0. The predicted molar refractivity (Wildman–Crippen MR) is 177 cm³/mol. The lowest BCUT2D eigenvalue weighted by atomic mass is 9.76. The van der Waals surface area contributed by atoms with Crippen LogP contribution < -0.4 is 10.0 Å². The first kappa shape index (κ1) is 33.3. The number of carbonyl (C=O) groups excluding carboxylic acids is 3. The van der Waals surface area contributed by atoms with E-state index in [2.05, 4.69) is 15.4 Å². The molecule has 2 aromatic heterocycles. The second-order valence-corrected chi connectivity index (χ2v) is 14.1. The number of pyridine rings is 1. The van der Waals surface area contributed by atoms with Crippen molar-refractivity contribution < 1.29 is 27.2 Å². The summed E-state index contributed by atoms with van der Waals surface area (Å²) in [4.78, 5) is 46.2. The van der Waals surface area contributed by atoms with Gasteiger partial charge in [0.2, 0.25) is 5.91 Å². The van der Waals surface area contributed by atoms with Crippen LogP contribution >= 0.6 is 11.6 Å². The average Bonchev–Trinajstić information content (AvgIpc) is 3.71. The number of nitrogens with one attached hydrogen (secondary N) is 2. The van der Waals surface area contributed by atoms with Crippen LogP contribution in [0.5, 0.6) is 0 Å². The molecule has 1 aliphatic carbocycles. The van der Waals surface area contributed by atoms with Crippen molar-refractivity contribution in [3.05, 3.63) is 101 Å². The molecule has 0 unspecified atom stereocenters. The normalized spacial score (nSPS) is 18.4. The molecule has 0 bridgehead atoms. The van der Waals surface area contributed by atoms with Gasteiger partial charge in [-0.1, -0.05) is 55.8 Å². The van der Waals surface area contributed by atoms with Crippen LogP contribution in [0, 0.1) is 24.6 Å². The first-order valence-corrected chi connectivity index (χ1v) is 17.6. The van der Waals surface area contributed by atoms with E-state index in [9.17, 15) is 27.2 Å². The van der Waals surface area contributed by atoms with E-state index in [0.29, 0.717) is 24.3 Å². The van der Waals surface area contributed by atoms with Crippen molar-refractivity contribution >= 4 is 45.0 Å². The van der Waals surface area contributed by atoms with Gasteiger partial charge in [-0.05, 0) is 73.7 Å². The Morgan fingerprint density at radius 2 is 1.71 bits per heavy atom. The van der Waals surface area contributed by atoms with E-state index in [-0.39, 0.29) is 50.5 Å². The molecule has 3 heterocycles. The number of aromatic nitrogens is 3. The van der Waals surface area contributed by atoms with E-state index in [4.69, 9.17) is 11.6 Å². The topological polar surface area (TPSA) is 143 Å². The van der Waals surface area contributed by atoms with E-state index in [1.54, 1.807) is 24.0 Å². The highest BCUT2D eigenvalue weighted by Crippen LogP contribution is 2.40. The van der Waals surface area contributed by atoms with Gasteiger partial charge < -0.3 is 10.2 Å². The molecular formula is C34H34ClFN6O5S. The summed E-state index contributed by atoms with van der Waals surface area (Å²) in [5, 5.41) is 6.84. The number of likely N-dealkylation sites (tertiary alicyclic amines) is 1. The molecular weight excluding hydrogens is 659 g/mol. The van der Waals surface area contributed by atoms with Crippen molar-refractivity contribution in [2.24, 2.45) is 11.8 Å². The molecule has 48 heavy (non-hydrogen) atoms. The summed E-state index contributed by atoms with van der Waals surface area (Å²) >= 11 is 5.99. The SMILES string of the molecule is Cc1c(C(=O)N2CC[C@@H](C3CCCCC3)[C@H]2C(=O)Nc2ccc(C(=O)NS(=O)(=O)c3ccccn3)cc2)cnn1-c1cccc(Cl)c1F. The summed E-state index contributed by atoms with van der Waals surface area (Å²) < 4.78 is 43.2. The molecule has 0 radical (unpaired) electrons. The number of benzene rings is 2. The Kier molecular flexibility index (Phi) is 9.61. The Bertz CT molecular complexity index is 1950. The number of carbonyl (C=O) groups is 3. The van der Waals surface area contributed by atoms with Crippen LogP contribution in [0.3, 0.4) is 0 Å². The molecule has 2 fully saturated rings. The van der Waals surface area contributed by atoms with Gasteiger partial charge >= 0.3 is 0 Å². The lowest BCUT2D eigenvalue weighted by Gasteiger charge is -2.33. The van der Waals surface area contributed by atoms with Gasteiger partial charge in [0.1, 0.15) is 11.7 Å². The maximum atomic E-state index is 14.8. The standard InChI is InChI=1S/C34H34ClFN6O5S/c1-21-26(20-38-42(21)28-11-7-10-27(35)30(28)36)34(45)41-19-17-25(22-8-3-2-4-9-22)31(41)33(44)39-24-15-13-23(14-16-24)32(43)40-48(46,47)29-12-5-6-18-37-29/h5-7,10-16,18,20,22,25,31H,2-4,8-9,17,19H2,1H3,(H,39,44)(H,40,43)/t25-,31-/m0/s1. The maximum Gasteiger partial charge on any atom is 0.281 e. The number of hydrogen-bond donors (Lipinski definition) is 2. The van der Waals surface area contributed by atoms with Gasteiger partial charge in [-0.3, -0.25) is 14.4 Å². The predicted octanol–water partition coefficient (Wildman–Crippen LogP) is 5.54. The maximum absolute atomic E-state index is 14.8. The van der Waals surface area contributed by atoms with E-state index >= 15 is 0 Å². The number of anilines is 1. The summed E-state index contributed by atoms with van der Waals surface area (Å²) in [6, 6.07) is 13.9. The van der Waals surface area contributed by atoms with Gasteiger partial charge in [-0.15, -0.1) is 0 Å². The van der Waals surface area contributed by atoms with Gasteiger partial charge in [-0.25, -0.2) is 18.8 Å². The number of hydrogen-bond acceptors (Lipinski definition) is 7. The van der Waals surface area contributed by atoms with Gasteiger partial charge in [0.15, 0.2) is 10.8 Å². The van der Waals surface area contributed by atoms with Crippen LogP contribution in [0.25, 0.3) is 5.69 Å². The van der Waals surface area contributed by atoms with Crippen LogP contribution in [-0.2, 0) is 14.8 Å². The van der Waals surface area contributed by atoms with E-state index in [1.165, 1.54) is 65.6 Å². The van der Waals surface area contributed by atoms with Gasteiger partial charge in [0, 0.05) is 24.0 Å². The number of rotatable bonds is 8. The highest BCUT2D eigenvalue weighted by atomic mass is 35.5. The number of halogens is 2. The van der Waals surface area contributed by atoms with E-state index in [1.807, 2.05) is 4.72 Å². The van der Waals surface area contributed by atoms with Crippen LogP contribution in [0.15, 0.2) is 78.1 Å². The molecule has 3 amide bonds. The minimum Gasteiger partial charge on any atom is -0.326 e. The molecule has 1 saturated heterocycles. The Labute approximate surface area is 282 Å². The molecule has 4 aromatic rings. The van der Waals surface area contributed by atoms with E-state index in [0.717, 1.165) is 32.1 Å². The largest absolute Gasteiger partial charge is 0.326 e. The summed E-state index contributed by atoms with van der Waals surface area (Å²) in [7, 11) is -4.17. The fraction of sp³-hybridized carbons (Fsp3) is 0.324. The third kappa shape index (κ3) is 6.70. The second kappa shape index (κ2) is 13.9. The molecule has 2 aliphatic rings. The van der Waals surface area contributed by atoms with Gasteiger partial charge in [0.05, 0.1) is 22.5 Å². The lowest BCUT2D eigenvalue weighted by Crippen LogP contribution is -2.47. The number of nitrogens with zero attached hydrogens (tertiary/aromatic N) is 4. The first-order chi connectivity index (χ1) is 23.0. The smallest absolute Gasteiger partial charge is 0.281 e. The van der Waals surface area contributed by atoms with Crippen molar-refractivity contribution in [2.75, 3.05) is 11.9 Å². The highest BCUT2D eigenvalue weighted by molar-refractivity contribution is 7.90.